The first-order chi connectivity index (χ1) is 16.0. The van der Waals surface area contributed by atoms with Gasteiger partial charge in [0.1, 0.15) is 0 Å². The van der Waals surface area contributed by atoms with Gasteiger partial charge in [-0.3, -0.25) is 14.4 Å². The maximum absolute atomic E-state index is 13.3. The van der Waals surface area contributed by atoms with Crippen LogP contribution in [0.2, 0.25) is 0 Å². The smallest absolute Gasteiger partial charge is 0.254 e. The van der Waals surface area contributed by atoms with E-state index in [4.69, 9.17) is 0 Å². The van der Waals surface area contributed by atoms with Crippen molar-refractivity contribution < 1.29 is 29.7 Å². The van der Waals surface area contributed by atoms with Gasteiger partial charge in [0.2, 0.25) is 0 Å². The Labute approximate surface area is 193 Å². The fourth-order valence-corrected chi connectivity index (χ4v) is 5.37. The number of aliphatic hydroxyl groups excluding tert-OH is 3. The number of likely N-dealkylation sites (tertiary alicyclic amines) is 3. The highest BCUT2D eigenvalue weighted by atomic mass is 16.3. The van der Waals surface area contributed by atoms with Gasteiger partial charge < -0.3 is 30.0 Å². The number of aliphatic hydroxyl groups is 3. The minimum atomic E-state index is -0.310. The molecule has 9 nitrogen and oxygen atoms in total. The Morgan fingerprint density at radius 1 is 0.606 bits per heavy atom. The van der Waals surface area contributed by atoms with Crippen molar-refractivity contribution in [3.05, 3.63) is 34.9 Å². The SMILES string of the molecule is O=C(c1cc(C(=O)N2CCC[C@H]2CO)cc(C(=O)N2CCC[C@H]2CO)c1)N1CCC[C@H]1CO. The van der Waals surface area contributed by atoms with Crippen molar-refractivity contribution in [2.24, 2.45) is 0 Å². The number of hydrogen-bond acceptors (Lipinski definition) is 6. The molecule has 3 saturated heterocycles. The zero-order chi connectivity index (χ0) is 23.5. The summed E-state index contributed by atoms with van der Waals surface area (Å²) in [6.45, 7) is 1.16. The molecular weight excluding hydrogens is 426 g/mol. The molecule has 180 valence electrons. The van der Waals surface area contributed by atoms with Gasteiger partial charge in [-0.2, -0.15) is 0 Å². The monoisotopic (exact) mass is 459 g/mol. The van der Waals surface area contributed by atoms with E-state index in [1.807, 2.05) is 0 Å². The Kier molecular flexibility index (Phi) is 7.31. The third-order valence-corrected chi connectivity index (χ3v) is 7.22. The highest BCUT2D eigenvalue weighted by Crippen LogP contribution is 2.26. The second-order valence-electron chi connectivity index (χ2n) is 9.23. The van der Waals surface area contributed by atoms with Crippen LogP contribution in [0.15, 0.2) is 18.2 Å². The van der Waals surface area contributed by atoms with Gasteiger partial charge in [0.05, 0.1) is 37.9 Å². The van der Waals surface area contributed by atoms with Crippen LogP contribution >= 0.6 is 0 Å². The number of hydrogen-bond donors (Lipinski definition) is 3. The largest absolute Gasteiger partial charge is 0.394 e. The predicted molar refractivity (Wildman–Crippen MR) is 120 cm³/mol. The van der Waals surface area contributed by atoms with E-state index in [9.17, 15) is 29.7 Å². The second kappa shape index (κ2) is 10.2. The first-order valence-corrected chi connectivity index (χ1v) is 11.9. The quantitative estimate of drug-likeness (QED) is 0.569. The van der Waals surface area contributed by atoms with Gasteiger partial charge in [-0.25, -0.2) is 0 Å². The number of carbonyl (C=O) groups is 3. The van der Waals surface area contributed by atoms with Gasteiger partial charge in [0.25, 0.3) is 17.7 Å². The van der Waals surface area contributed by atoms with Crippen molar-refractivity contribution in [1.82, 2.24) is 14.7 Å². The van der Waals surface area contributed by atoms with Gasteiger partial charge in [-0.1, -0.05) is 0 Å². The van der Waals surface area contributed by atoms with Crippen LogP contribution in [0.5, 0.6) is 0 Å². The normalized spacial score (nSPS) is 25.2. The van der Waals surface area contributed by atoms with Gasteiger partial charge in [0.15, 0.2) is 0 Å². The average molecular weight is 460 g/mol. The maximum atomic E-state index is 13.3. The molecule has 3 aliphatic rings. The molecule has 3 amide bonds. The zero-order valence-electron chi connectivity index (χ0n) is 18.9. The summed E-state index contributed by atoms with van der Waals surface area (Å²) in [6.07, 6.45) is 4.51. The molecule has 9 heteroatoms. The fraction of sp³-hybridized carbons (Fsp3) is 0.625. The van der Waals surface area contributed by atoms with Crippen molar-refractivity contribution in [3.8, 4) is 0 Å². The lowest BCUT2D eigenvalue weighted by molar-refractivity contribution is 0.0671. The molecule has 3 N–H and O–H groups in total. The van der Waals surface area contributed by atoms with E-state index in [1.165, 1.54) is 18.2 Å². The fourth-order valence-electron chi connectivity index (χ4n) is 5.37. The molecule has 0 aromatic heterocycles. The van der Waals surface area contributed by atoms with E-state index in [2.05, 4.69) is 0 Å². The maximum Gasteiger partial charge on any atom is 0.254 e. The standard InChI is InChI=1S/C24H33N3O6/c28-13-19-4-1-7-25(19)22(31)16-10-17(23(32)26-8-2-5-20(26)14-29)12-18(11-16)24(33)27-9-3-6-21(27)15-30/h10-12,19-21,28-30H,1-9,13-15H2/t19-,20-,21-/m0/s1. The van der Waals surface area contributed by atoms with Crippen molar-refractivity contribution in [3.63, 3.8) is 0 Å². The van der Waals surface area contributed by atoms with E-state index >= 15 is 0 Å². The summed E-state index contributed by atoms with van der Waals surface area (Å²) in [5, 5.41) is 29.0. The molecule has 3 fully saturated rings. The molecule has 0 bridgehead atoms. The molecule has 4 rings (SSSR count). The summed E-state index contributed by atoms with van der Waals surface area (Å²) < 4.78 is 0. The van der Waals surface area contributed by atoms with Gasteiger partial charge in [-0.15, -0.1) is 0 Å². The summed E-state index contributed by atoms with van der Waals surface area (Å²) in [7, 11) is 0. The van der Waals surface area contributed by atoms with Crippen LogP contribution in [-0.2, 0) is 0 Å². The second-order valence-corrected chi connectivity index (χ2v) is 9.23. The molecule has 0 saturated carbocycles. The number of carbonyl (C=O) groups excluding carboxylic acids is 3. The van der Waals surface area contributed by atoms with E-state index in [0.29, 0.717) is 38.9 Å². The third-order valence-electron chi connectivity index (χ3n) is 7.22. The van der Waals surface area contributed by atoms with E-state index in [-0.39, 0.29) is 72.4 Å². The van der Waals surface area contributed by atoms with Crippen LogP contribution in [0, 0.1) is 0 Å². The lowest BCUT2D eigenvalue weighted by atomic mass is 10.0. The van der Waals surface area contributed by atoms with E-state index in [1.54, 1.807) is 14.7 Å². The first kappa shape index (κ1) is 23.7. The van der Waals surface area contributed by atoms with Crippen LogP contribution in [0.25, 0.3) is 0 Å². The molecular formula is C24H33N3O6. The predicted octanol–water partition coefficient (Wildman–Crippen LogP) is 0.477. The first-order valence-electron chi connectivity index (χ1n) is 11.9. The Bertz CT molecular complexity index is 780. The topological polar surface area (TPSA) is 122 Å². The summed E-state index contributed by atoms with van der Waals surface area (Å²) in [5.41, 5.74) is 0.720. The van der Waals surface area contributed by atoms with Crippen LogP contribution in [-0.4, -0.2) is 105 Å². The summed E-state index contributed by atoms with van der Waals surface area (Å²) in [6, 6.07) is 3.75. The molecule has 0 aliphatic carbocycles. The summed E-state index contributed by atoms with van der Waals surface area (Å²) in [5.74, 6) is -0.929. The van der Waals surface area contributed by atoms with E-state index in [0.717, 1.165) is 19.3 Å². The molecule has 3 atom stereocenters. The van der Waals surface area contributed by atoms with E-state index < -0.39 is 0 Å². The molecule has 3 aliphatic heterocycles. The molecule has 0 unspecified atom stereocenters. The van der Waals surface area contributed by atoms with Crippen molar-refractivity contribution in [2.45, 2.75) is 56.7 Å². The van der Waals surface area contributed by atoms with Crippen molar-refractivity contribution >= 4 is 17.7 Å². The van der Waals surface area contributed by atoms with Crippen LogP contribution in [0.3, 0.4) is 0 Å². The summed E-state index contributed by atoms with van der Waals surface area (Å²) in [4.78, 5) is 44.8. The third kappa shape index (κ3) is 4.62. The summed E-state index contributed by atoms with van der Waals surface area (Å²) >= 11 is 0. The highest BCUT2D eigenvalue weighted by Gasteiger charge is 2.34. The zero-order valence-corrected chi connectivity index (χ0v) is 18.9. The number of benzene rings is 1. The van der Waals surface area contributed by atoms with Crippen molar-refractivity contribution in [2.75, 3.05) is 39.5 Å². The van der Waals surface area contributed by atoms with Crippen molar-refractivity contribution in [1.29, 1.82) is 0 Å². The molecule has 0 spiro atoms. The number of nitrogens with zero attached hydrogens (tertiary/aromatic N) is 3. The molecule has 33 heavy (non-hydrogen) atoms. The number of rotatable bonds is 6. The van der Waals surface area contributed by atoms with Gasteiger partial charge in [-0.05, 0) is 56.7 Å². The Hall–Kier alpha value is -2.49. The average Bonchev–Trinajstić information content (AvgIpc) is 3.61. The van der Waals surface area contributed by atoms with Crippen LogP contribution in [0.1, 0.15) is 69.6 Å². The molecule has 3 heterocycles. The molecule has 1 aromatic carbocycles. The Morgan fingerprint density at radius 3 is 1.12 bits per heavy atom. The Balaban J connectivity index is 1.70. The highest BCUT2D eigenvalue weighted by molar-refractivity contribution is 6.05. The molecule has 0 radical (unpaired) electrons. The minimum Gasteiger partial charge on any atom is -0.394 e. The molecule has 1 aromatic rings. The van der Waals surface area contributed by atoms with Crippen LogP contribution in [0.4, 0.5) is 0 Å². The van der Waals surface area contributed by atoms with Gasteiger partial charge >= 0.3 is 0 Å². The van der Waals surface area contributed by atoms with Crippen LogP contribution < -0.4 is 0 Å². The lowest BCUT2D eigenvalue weighted by Crippen LogP contribution is -2.40. The Morgan fingerprint density at radius 2 is 0.879 bits per heavy atom. The van der Waals surface area contributed by atoms with Gasteiger partial charge in [0, 0.05) is 36.3 Å². The minimum absolute atomic E-state index is 0.131. The lowest BCUT2D eigenvalue weighted by Gasteiger charge is -2.27. The number of amides is 3.